The lowest BCUT2D eigenvalue weighted by molar-refractivity contribution is 0.305. The van der Waals surface area contributed by atoms with Crippen molar-refractivity contribution in [1.82, 2.24) is 4.98 Å². The number of fused-ring (bicyclic) bond motifs is 1. The molecule has 0 aliphatic carbocycles. The Morgan fingerprint density at radius 1 is 1.21 bits per heavy atom. The van der Waals surface area contributed by atoms with E-state index in [1.54, 1.807) is 6.07 Å². The predicted molar refractivity (Wildman–Crippen MR) is 76.8 cm³/mol. The van der Waals surface area contributed by atoms with Gasteiger partial charge in [0.1, 0.15) is 18.1 Å². The van der Waals surface area contributed by atoms with E-state index in [0.29, 0.717) is 12.4 Å². The van der Waals surface area contributed by atoms with Crippen molar-refractivity contribution in [2.75, 3.05) is 0 Å². The minimum atomic E-state index is 0.228. The molecule has 1 aromatic heterocycles. The van der Waals surface area contributed by atoms with E-state index in [9.17, 15) is 5.11 Å². The van der Waals surface area contributed by atoms with Crippen molar-refractivity contribution in [2.45, 2.75) is 13.5 Å². The van der Waals surface area contributed by atoms with Crippen LogP contribution in [0.4, 0.5) is 0 Å². The lowest BCUT2D eigenvalue weighted by atomic mass is 10.2. The van der Waals surface area contributed by atoms with Gasteiger partial charge >= 0.3 is 0 Å². The summed E-state index contributed by atoms with van der Waals surface area (Å²) in [6.45, 7) is 2.41. The maximum atomic E-state index is 9.95. The number of phenols is 1. The molecule has 1 N–H and O–H groups in total. The fourth-order valence-corrected chi connectivity index (χ4v) is 2.74. The fraction of sp³-hybridized carbons (Fsp3) is 0.133. The molecule has 1 heterocycles. The molecule has 0 bridgehead atoms. The van der Waals surface area contributed by atoms with Crippen molar-refractivity contribution in [1.29, 1.82) is 0 Å². The van der Waals surface area contributed by atoms with Gasteiger partial charge in [0.2, 0.25) is 0 Å². The third-order valence-corrected chi connectivity index (χ3v) is 3.81. The molecule has 0 aliphatic heterocycles. The number of aromatic hydroxyl groups is 1. The van der Waals surface area contributed by atoms with Crippen molar-refractivity contribution < 1.29 is 9.84 Å². The van der Waals surface area contributed by atoms with E-state index in [1.807, 2.05) is 43.3 Å². The van der Waals surface area contributed by atoms with Crippen LogP contribution in [0.25, 0.3) is 10.2 Å². The number of phenolic OH excluding ortho intramolecular Hbond substituents is 1. The summed E-state index contributed by atoms with van der Waals surface area (Å²) in [5.41, 5.74) is 1.88. The molecule has 2 aromatic carbocycles. The molecule has 96 valence electrons. The molecule has 3 aromatic rings. The first-order valence-electron chi connectivity index (χ1n) is 5.99. The number of aromatic nitrogens is 1. The lowest BCUT2D eigenvalue weighted by Gasteiger charge is -2.06. The van der Waals surface area contributed by atoms with Gasteiger partial charge in [-0.1, -0.05) is 30.3 Å². The first-order valence-corrected chi connectivity index (χ1v) is 6.81. The second-order valence-electron chi connectivity index (χ2n) is 4.30. The number of thiazole rings is 1. The van der Waals surface area contributed by atoms with E-state index in [0.717, 1.165) is 20.8 Å². The summed E-state index contributed by atoms with van der Waals surface area (Å²) >= 11 is 1.49. The molecular weight excluding hydrogens is 258 g/mol. The molecule has 0 saturated carbocycles. The first-order chi connectivity index (χ1) is 9.22. The summed E-state index contributed by atoms with van der Waals surface area (Å²) in [5.74, 6) is 0.866. The van der Waals surface area contributed by atoms with E-state index in [4.69, 9.17) is 4.74 Å². The number of ether oxygens (including phenoxy) is 1. The molecular formula is C15H13NO2S. The van der Waals surface area contributed by atoms with E-state index in [2.05, 4.69) is 4.98 Å². The minimum Gasteiger partial charge on any atom is -0.506 e. The van der Waals surface area contributed by atoms with Crippen molar-refractivity contribution in [3.8, 4) is 11.5 Å². The van der Waals surface area contributed by atoms with Crippen LogP contribution in [0.15, 0.2) is 42.5 Å². The van der Waals surface area contributed by atoms with Crippen molar-refractivity contribution >= 4 is 21.6 Å². The van der Waals surface area contributed by atoms with Gasteiger partial charge < -0.3 is 9.84 Å². The van der Waals surface area contributed by atoms with Gasteiger partial charge in [-0.25, -0.2) is 4.98 Å². The highest BCUT2D eigenvalue weighted by molar-refractivity contribution is 7.18. The summed E-state index contributed by atoms with van der Waals surface area (Å²) in [6, 6.07) is 13.4. The molecule has 0 amide bonds. The van der Waals surface area contributed by atoms with Gasteiger partial charge in [0, 0.05) is 12.1 Å². The molecule has 0 fully saturated rings. The van der Waals surface area contributed by atoms with E-state index >= 15 is 0 Å². The van der Waals surface area contributed by atoms with Gasteiger partial charge in [0.25, 0.3) is 0 Å². The SMILES string of the molecule is Cc1nc2cc(OCc3ccccc3)cc(O)c2s1. The third kappa shape index (κ3) is 2.53. The van der Waals surface area contributed by atoms with Crippen LogP contribution in [0.1, 0.15) is 10.6 Å². The Balaban J connectivity index is 1.85. The van der Waals surface area contributed by atoms with E-state index < -0.39 is 0 Å². The Kier molecular flexibility index (Phi) is 3.09. The minimum absolute atomic E-state index is 0.228. The van der Waals surface area contributed by atoms with Crippen LogP contribution in [-0.4, -0.2) is 10.1 Å². The Bertz CT molecular complexity index is 707. The Morgan fingerprint density at radius 3 is 2.79 bits per heavy atom. The van der Waals surface area contributed by atoms with Crippen LogP contribution in [0, 0.1) is 6.92 Å². The van der Waals surface area contributed by atoms with Gasteiger partial charge in [-0.2, -0.15) is 0 Å². The topological polar surface area (TPSA) is 42.4 Å². The average Bonchev–Trinajstić information content (AvgIpc) is 2.79. The second kappa shape index (κ2) is 4.90. The van der Waals surface area contributed by atoms with Crippen LogP contribution in [0.2, 0.25) is 0 Å². The molecule has 0 atom stereocenters. The number of hydrogen-bond donors (Lipinski definition) is 1. The van der Waals surface area contributed by atoms with Crippen LogP contribution in [-0.2, 0) is 6.61 Å². The number of hydrogen-bond acceptors (Lipinski definition) is 4. The number of benzene rings is 2. The lowest BCUT2D eigenvalue weighted by Crippen LogP contribution is -1.94. The zero-order chi connectivity index (χ0) is 13.2. The van der Waals surface area contributed by atoms with Gasteiger partial charge in [-0.3, -0.25) is 0 Å². The van der Waals surface area contributed by atoms with Gasteiger partial charge in [0.15, 0.2) is 0 Å². The number of rotatable bonds is 3. The molecule has 0 radical (unpaired) electrons. The van der Waals surface area contributed by atoms with Crippen molar-refractivity contribution in [2.24, 2.45) is 0 Å². The number of aryl methyl sites for hydroxylation is 1. The highest BCUT2D eigenvalue weighted by atomic mass is 32.1. The monoisotopic (exact) mass is 271 g/mol. The molecule has 3 nitrogen and oxygen atoms in total. The normalized spacial score (nSPS) is 10.8. The average molecular weight is 271 g/mol. The molecule has 19 heavy (non-hydrogen) atoms. The Labute approximate surface area is 115 Å². The molecule has 0 spiro atoms. The van der Waals surface area contributed by atoms with Gasteiger partial charge in [0.05, 0.1) is 15.2 Å². The molecule has 4 heteroatoms. The van der Waals surface area contributed by atoms with Crippen molar-refractivity contribution in [3.63, 3.8) is 0 Å². The zero-order valence-electron chi connectivity index (χ0n) is 10.5. The smallest absolute Gasteiger partial charge is 0.138 e. The Hall–Kier alpha value is -2.07. The quantitative estimate of drug-likeness (QED) is 0.785. The maximum absolute atomic E-state index is 9.95. The largest absolute Gasteiger partial charge is 0.506 e. The summed E-state index contributed by atoms with van der Waals surface area (Å²) in [4.78, 5) is 4.37. The molecule has 0 saturated heterocycles. The number of nitrogens with zero attached hydrogens (tertiary/aromatic N) is 1. The van der Waals surface area contributed by atoms with Crippen LogP contribution in [0.5, 0.6) is 11.5 Å². The summed E-state index contributed by atoms with van der Waals surface area (Å²) < 4.78 is 6.50. The van der Waals surface area contributed by atoms with E-state index in [1.165, 1.54) is 11.3 Å². The maximum Gasteiger partial charge on any atom is 0.138 e. The zero-order valence-corrected chi connectivity index (χ0v) is 11.3. The van der Waals surface area contributed by atoms with Crippen LogP contribution in [0.3, 0.4) is 0 Å². The third-order valence-electron chi connectivity index (χ3n) is 2.80. The predicted octanol–water partition coefficient (Wildman–Crippen LogP) is 3.89. The van der Waals surface area contributed by atoms with Crippen LogP contribution >= 0.6 is 11.3 Å². The highest BCUT2D eigenvalue weighted by Crippen LogP contribution is 2.34. The van der Waals surface area contributed by atoms with Crippen molar-refractivity contribution in [3.05, 3.63) is 53.0 Å². The fourth-order valence-electron chi connectivity index (χ4n) is 1.93. The first kappa shape index (κ1) is 12.0. The summed E-state index contributed by atoms with van der Waals surface area (Å²) in [6.07, 6.45) is 0. The van der Waals surface area contributed by atoms with Gasteiger partial charge in [-0.05, 0) is 12.5 Å². The second-order valence-corrected chi connectivity index (χ2v) is 5.50. The summed E-state index contributed by atoms with van der Waals surface area (Å²) in [7, 11) is 0. The van der Waals surface area contributed by atoms with Crippen LogP contribution < -0.4 is 4.74 Å². The van der Waals surface area contributed by atoms with E-state index in [-0.39, 0.29) is 5.75 Å². The standard InChI is InChI=1S/C15H13NO2S/c1-10-16-13-7-12(8-14(17)15(13)19-10)18-9-11-5-3-2-4-6-11/h2-8,17H,9H2,1H3. The van der Waals surface area contributed by atoms with Gasteiger partial charge in [-0.15, -0.1) is 11.3 Å². The summed E-state index contributed by atoms with van der Waals surface area (Å²) in [5, 5.41) is 10.9. The highest BCUT2D eigenvalue weighted by Gasteiger charge is 2.08. The molecule has 3 rings (SSSR count). The Morgan fingerprint density at radius 2 is 2.00 bits per heavy atom. The molecule has 0 unspecified atom stereocenters. The molecule has 0 aliphatic rings.